The second kappa shape index (κ2) is 6.55. The van der Waals surface area contributed by atoms with Crippen molar-refractivity contribution in [1.29, 1.82) is 0 Å². The molecule has 0 saturated heterocycles. The largest absolute Gasteiger partial charge is 0.456 e. The fraction of sp³-hybridized carbons (Fsp3) is 0.143. The minimum absolute atomic E-state index is 0.0511. The third-order valence-corrected chi connectivity index (χ3v) is 4.12. The van der Waals surface area contributed by atoms with Crippen LogP contribution in [0.25, 0.3) is 0 Å². The lowest BCUT2D eigenvalue weighted by atomic mass is 10.1. The van der Waals surface area contributed by atoms with Crippen LogP contribution in [0.2, 0.25) is 0 Å². The van der Waals surface area contributed by atoms with E-state index in [4.69, 9.17) is 10.5 Å². The first kappa shape index (κ1) is 15.9. The molecule has 2 aromatic carbocycles. The molecule has 1 atom stereocenters. The quantitative estimate of drug-likeness (QED) is 0.567. The lowest BCUT2D eigenvalue weighted by molar-refractivity contribution is -0.385. The summed E-state index contributed by atoms with van der Waals surface area (Å²) in [6, 6.07) is 9.92. The van der Waals surface area contributed by atoms with Gasteiger partial charge in [-0.1, -0.05) is 28.1 Å². The first-order valence-corrected chi connectivity index (χ1v) is 7.64. The smallest absolute Gasteiger partial charge is 0.287 e. The van der Waals surface area contributed by atoms with Gasteiger partial charge in [0.25, 0.3) is 5.69 Å². The van der Waals surface area contributed by atoms with Crippen molar-refractivity contribution >= 4 is 37.5 Å². The summed E-state index contributed by atoms with van der Waals surface area (Å²) in [5.41, 5.74) is 6.68. The van der Waals surface area contributed by atoms with E-state index in [9.17, 15) is 10.1 Å². The van der Waals surface area contributed by atoms with Crippen LogP contribution in [0.5, 0.6) is 11.5 Å². The fourth-order valence-corrected chi connectivity index (χ4v) is 2.64. The fourth-order valence-electron chi connectivity index (χ4n) is 1.81. The van der Waals surface area contributed by atoms with Crippen LogP contribution in [-0.2, 0) is 0 Å². The summed E-state index contributed by atoms with van der Waals surface area (Å²) in [4.78, 5) is 10.5. The molecule has 5 nitrogen and oxygen atoms in total. The van der Waals surface area contributed by atoms with E-state index in [2.05, 4.69) is 31.9 Å². The number of nitro groups is 1. The Morgan fingerprint density at radius 3 is 2.57 bits per heavy atom. The van der Waals surface area contributed by atoms with Crippen LogP contribution in [-0.4, -0.2) is 4.92 Å². The molecule has 0 aliphatic heterocycles. The molecular formula is C14H12Br2N2O3. The summed E-state index contributed by atoms with van der Waals surface area (Å²) in [5.74, 6) is 0.921. The molecule has 2 rings (SSSR count). The van der Waals surface area contributed by atoms with Crippen LogP contribution in [0.15, 0.2) is 45.3 Å². The zero-order valence-corrected chi connectivity index (χ0v) is 14.2. The maximum Gasteiger partial charge on any atom is 0.287 e. The van der Waals surface area contributed by atoms with E-state index in [0.717, 1.165) is 10.0 Å². The van der Waals surface area contributed by atoms with Crippen LogP contribution in [0.1, 0.15) is 18.5 Å². The van der Waals surface area contributed by atoms with E-state index < -0.39 is 4.92 Å². The Bertz CT molecular complexity index is 690. The lowest BCUT2D eigenvalue weighted by Crippen LogP contribution is -2.06. The van der Waals surface area contributed by atoms with Crippen molar-refractivity contribution in [3.8, 4) is 11.5 Å². The van der Waals surface area contributed by atoms with Crippen molar-refractivity contribution < 1.29 is 9.66 Å². The number of hydrogen-bond acceptors (Lipinski definition) is 4. The van der Waals surface area contributed by atoms with Crippen LogP contribution >= 0.6 is 31.9 Å². The van der Waals surface area contributed by atoms with Crippen LogP contribution < -0.4 is 10.5 Å². The Kier molecular flexibility index (Phi) is 4.97. The number of ether oxygens (including phenoxy) is 1. The number of rotatable bonds is 4. The summed E-state index contributed by atoms with van der Waals surface area (Å²) in [6.07, 6.45) is 0. The molecule has 1 unspecified atom stereocenters. The van der Waals surface area contributed by atoms with Gasteiger partial charge in [-0.15, -0.1) is 0 Å². The van der Waals surface area contributed by atoms with Crippen LogP contribution in [0.3, 0.4) is 0 Å². The van der Waals surface area contributed by atoms with E-state index in [0.29, 0.717) is 16.0 Å². The molecule has 21 heavy (non-hydrogen) atoms. The Balaban J connectivity index is 2.46. The van der Waals surface area contributed by atoms with Gasteiger partial charge in [-0.05, 0) is 41.1 Å². The summed E-state index contributed by atoms with van der Waals surface area (Å²) in [5, 5.41) is 10.9. The van der Waals surface area contributed by atoms with E-state index in [-0.39, 0.29) is 11.7 Å². The predicted octanol–water partition coefficient (Wildman–Crippen LogP) is 4.93. The van der Waals surface area contributed by atoms with Gasteiger partial charge in [-0.3, -0.25) is 10.1 Å². The topological polar surface area (TPSA) is 78.4 Å². The van der Waals surface area contributed by atoms with E-state index in [1.807, 2.05) is 19.1 Å². The highest BCUT2D eigenvalue weighted by Gasteiger charge is 2.18. The number of nitrogens with zero attached hydrogens (tertiary/aromatic N) is 1. The lowest BCUT2D eigenvalue weighted by Gasteiger charge is -2.15. The number of benzene rings is 2. The van der Waals surface area contributed by atoms with Gasteiger partial charge in [0.15, 0.2) is 0 Å². The number of nitrogens with two attached hydrogens (primary N) is 1. The van der Waals surface area contributed by atoms with E-state index >= 15 is 0 Å². The average molecular weight is 416 g/mol. The average Bonchev–Trinajstić information content (AvgIpc) is 2.40. The van der Waals surface area contributed by atoms with Gasteiger partial charge in [-0.2, -0.15) is 0 Å². The van der Waals surface area contributed by atoms with Gasteiger partial charge >= 0.3 is 0 Å². The van der Waals surface area contributed by atoms with Gasteiger partial charge in [0, 0.05) is 22.1 Å². The number of nitro benzene ring substituents is 1. The molecule has 0 fully saturated rings. The Hall–Kier alpha value is -1.44. The molecule has 0 aliphatic carbocycles. The predicted molar refractivity (Wildman–Crippen MR) is 87.6 cm³/mol. The zero-order chi connectivity index (χ0) is 15.6. The maximum absolute atomic E-state index is 10.9. The molecule has 0 aromatic heterocycles. The standard InChI is InChI=1S/C14H12Br2N2O3/c1-8(17)10-6-5-9(15)7-13(10)21-12-4-2-3-11(14(12)16)18(19)20/h2-8H,17H2,1H3. The van der Waals surface area contributed by atoms with Gasteiger partial charge in [0.2, 0.25) is 0 Å². The normalized spacial score (nSPS) is 12.0. The molecule has 0 heterocycles. The summed E-state index contributed by atoms with van der Waals surface area (Å²) < 4.78 is 6.95. The first-order valence-electron chi connectivity index (χ1n) is 6.06. The van der Waals surface area contributed by atoms with Crippen molar-refractivity contribution in [1.82, 2.24) is 0 Å². The number of hydrogen-bond donors (Lipinski definition) is 1. The molecule has 7 heteroatoms. The van der Waals surface area contributed by atoms with Crippen molar-refractivity contribution in [2.45, 2.75) is 13.0 Å². The van der Waals surface area contributed by atoms with Crippen molar-refractivity contribution in [3.05, 3.63) is 61.0 Å². The minimum atomic E-state index is -0.468. The summed E-state index contributed by atoms with van der Waals surface area (Å²) in [7, 11) is 0. The molecule has 0 radical (unpaired) electrons. The SMILES string of the molecule is CC(N)c1ccc(Br)cc1Oc1cccc([N+](=O)[O-])c1Br. The third kappa shape index (κ3) is 3.61. The monoisotopic (exact) mass is 414 g/mol. The van der Waals surface area contributed by atoms with Gasteiger partial charge < -0.3 is 10.5 Å². The molecule has 110 valence electrons. The Morgan fingerprint density at radius 2 is 1.95 bits per heavy atom. The molecular weight excluding hydrogens is 404 g/mol. The molecule has 0 saturated carbocycles. The summed E-state index contributed by atoms with van der Waals surface area (Å²) >= 11 is 6.58. The second-order valence-electron chi connectivity index (χ2n) is 4.42. The molecule has 0 spiro atoms. The Labute approximate surface area is 138 Å². The first-order chi connectivity index (χ1) is 9.90. The molecule has 0 amide bonds. The maximum atomic E-state index is 10.9. The summed E-state index contributed by atoms with van der Waals surface area (Å²) in [6.45, 7) is 1.85. The molecule has 0 bridgehead atoms. The highest BCUT2D eigenvalue weighted by molar-refractivity contribution is 9.11. The van der Waals surface area contributed by atoms with Crippen LogP contribution in [0, 0.1) is 10.1 Å². The van der Waals surface area contributed by atoms with Crippen molar-refractivity contribution in [2.24, 2.45) is 5.73 Å². The van der Waals surface area contributed by atoms with Gasteiger partial charge in [0.1, 0.15) is 16.0 Å². The minimum Gasteiger partial charge on any atom is -0.456 e. The third-order valence-electron chi connectivity index (χ3n) is 2.83. The highest BCUT2D eigenvalue weighted by Crippen LogP contribution is 2.38. The Morgan fingerprint density at radius 1 is 1.24 bits per heavy atom. The molecule has 2 N–H and O–H groups in total. The van der Waals surface area contributed by atoms with Crippen LogP contribution in [0.4, 0.5) is 5.69 Å². The van der Waals surface area contributed by atoms with E-state index in [1.54, 1.807) is 18.2 Å². The van der Waals surface area contributed by atoms with Crippen molar-refractivity contribution in [3.63, 3.8) is 0 Å². The van der Waals surface area contributed by atoms with E-state index in [1.165, 1.54) is 6.07 Å². The highest BCUT2D eigenvalue weighted by atomic mass is 79.9. The zero-order valence-electron chi connectivity index (χ0n) is 11.0. The molecule has 2 aromatic rings. The van der Waals surface area contributed by atoms with Gasteiger partial charge in [-0.25, -0.2) is 0 Å². The van der Waals surface area contributed by atoms with Gasteiger partial charge in [0.05, 0.1) is 4.92 Å². The second-order valence-corrected chi connectivity index (χ2v) is 6.13. The number of halogens is 2. The molecule has 0 aliphatic rings. The van der Waals surface area contributed by atoms with Crippen molar-refractivity contribution in [2.75, 3.05) is 0 Å².